The third-order valence-electron chi connectivity index (χ3n) is 2.94. The first-order valence-electron chi connectivity index (χ1n) is 5.90. The van der Waals surface area contributed by atoms with Crippen molar-refractivity contribution in [2.24, 2.45) is 0 Å². The van der Waals surface area contributed by atoms with Gasteiger partial charge in [0.1, 0.15) is 0 Å². The highest BCUT2D eigenvalue weighted by Crippen LogP contribution is 2.10. The summed E-state index contributed by atoms with van der Waals surface area (Å²) < 4.78 is 0. The molecule has 1 heterocycles. The van der Waals surface area contributed by atoms with E-state index in [0.717, 1.165) is 25.9 Å². The number of likely N-dealkylation sites (tertiary alicyclic amines) is 1. The molecule has 0 aromatic rings. The largest absolute Gasteiger partial charge is 0.358 e. The number of carbonyl (C=O) groups is 2. The van der Waals surface area contributed by atoms with Crippen LogP contribution in [0.4, 0.5) is 0 Å². The number of nitrogens with zero attached hydrogens (tertiary/aromatic N) is 1. The van der Waals surface area contributed by atoms with Crippen LogP contribution in [0.1, 0.15) is 19.8 Å². The first kappa shape index (κ1) is 14.4. The summed E-state index contributed by atoms with van der Waals surface area (Å²) in [5.41, 5.74) is 0. The first-order valence-corrected chi connectivity index (χ1v) is 6.82. The number of hydrogen-bond acceptors (Lipinski definition) is 3. The lowest BCUT2D eigenvalue weighted by Gasteiger charge is -2.31. The Labute approximate surface area is 110 Å². The molecular formula is C11H20BrN3O2. The second-order valence-corrected chi connectivity index (χ2v) is 5.72. The van der Waals surface area contributed by atoms with Gasteiger partial charge in [0, 0.05) is 26.2 Å². The monoisotopic (exact) mass is 305 g/mol. The number of likely N-dealkylation sites (N-methyl/N-ethyl adjacent to an activating group) is 1. The molecule has 2 amide bonds. The van der Waals surface area contributed by atoms with Gasteiger partial charge in [-0.3, -0.25) is 14.5 Å². The number of rotatable bonds is 4. The lowest BCUT2D eigenvalue weighted by molar-refractivity contribution is -0.123. The fraction of sp³-hybridized carbons (Fsp3) is 0.818. The molecule has 1 aliphatic heterocycles. The van der Waals surface area contributed by atoms with Crippen LogP contribution in [0.3, 0.4) is 0 Å². The number of nitrogens with one attached hydrogen (secondary N) is 2. The van der Waals surface area contributed by atoms with E-state index < -0.39 is 0 Å². The fourth-order valence-electron chi connectivity index (χ4n) is 1.83. The first-order chi connectivity index (χ1) is 8.02. The van der Waals surface area contributed by atoms with Crippen molar-refractivity contribution >= 4 is 27.7 Å². The summed E-state index contributed by atoms with van der Waals surface area (Å²) in [6.07, 6.45) is 1.81. The molecule has 0 saturated carbocycles. The molecule has 0 aromatic heterocycles. The zero-order valence-corrected chi connectivity index (χ0v) is 11.9. The molecule has 0 spiro atoms. The molecule has 17 heavy (non-hydrogen) atoms. The molecule has 1 fully saturated rings. The Morgan fingerprint density at radius 3 is 2.47 bits per heavy atom. The highest BCUT2D eigenvalue weighted by atomic mass is 79.9. The van der Waals surface area contributed by atoms with E-state index in [1.807, 2.05) is 6.92 Å². The fourth-order valence-corrected chi connectivity index (χ4v) is 1.97. The van der Waals surface area contributed by atoms with Crippen molar-refractivity contribution < 1.29 is 9.59 Å². The van der Waals surface area contributed by atoms with E-state index in [1.165, 1.54) is 0 Å². The second-order valence-electron chi connectivity index (χ2n) is 4.35. The summed E-state index contributed by atoms with van der Waals surface area (Å²) in [6.45, 7) is 3.98. The number of amides is 2. The van der Waals surface area contributed by atoms with Crippen LogP contribution in [0.25, 0.3) is 0 Å². The molecule has 0 aliphatic carbocycles. The van der Waals surface area contributed by atoms with Gasteiger partial charge in [-0.25, -0.2) is 0 Å². The maximum atomic E-state index is 11.5. The van der Waals surface area contributed by atoms with E-state index >= 15 is 0 Å². The predicted molar refractivity (Wildman–Crippen MR) is 70.1 cm³/mol. The van der Waals surface area contributed by atoms with Gasteiger partial charge in [-0.15, -0.1) is 0 Å². The summed E-state index contributed by atoms with van der Waals surface area (Å²) in [4.78, 5) is 24.6. The minimum absolute atomic E-state index is 0.0368. The molecule has 1 saturated heterocycles. The molecule has 0 aromatic carbocycles. The van der Waals surface area contributed by atoms with Crippen LogP contribution >= 0.6 is 15.9 Å². The summed E-state index contributed by atoms with van der Waals surface area (Å²) in [5, 5.41) is 5.61. The van der Waals surface area contributed by atoms with Crippen LogP contribution in [-0.4, -0.2) is 54.3 Å². The molecular weight excluding hydrogens is 286 g/mol. The van der Waals surface area contributed by atoms with Gasteiger partial charge >= 0.3 is 0 Å². The van der Waals surface area contributed by atoms with E-state index in [9.17, 15) is 9.59 Å². The van der Waals surface area contributed by atoms with Gasteiger partial charge in [0.15, 0.2) is 0 Å². The summed E-state index contributed by atoms with van der Waals surface area (Å²) in [6, 6.07) is 0.239. The molecule has 2 N–H and O–H groups in total. The third-order valence-corrected chi connectivity index (χ3v) is 3.36. The van der Waals surface area contributed by atoms with Gasteiger partial charge < -0.3 is 10.6 Å². The van der Waals surface area contributed by atoms with Gasteiger partial charge in [0.2, 0.25) is 11.8 Å². The van der Waals surface area contributed by atoms with Gasteiger partial charge in [-0.2, -0.15) is 0 Å². The van der Waals surface area contributed by atoms with Crippen LogP contribution in [0, 0.1) is 0 Å². The van der Waals surface area contributed by atoms with Crippen molar-refractivity contribution in [3.63, 3.8) is 0 Å². The number of carbonyl (C=O) groups excluding carboxylic acids is 2. The van der Waals surface area contributed by atoms with Crippen molar-refractivity contribution in [2.45, 2.75) is 30.6 Å². The second kappa shape index (κ2) is 6.96. The number of piperidine rings is 1. The molecule has 0 bridgehead atoms. The van der Waals surface area contributed by atoms with E-state index in [1.54, 1.807) is 7.05 Å². The standard InChI is InChI=1S/C11H20BrN3O2/c1-8(12)11(17)14-9-3-5-15(6-4-9)7-10(16)13-2/h8-9H,3-7H2,1-2H3,(H,13,16)(H,14,17). The minimum Gasteiger partial charge on any atom is -0.358 e. The van der Waals surface area contributed by atoms with E-state index in [-0.39, 0.29) is 22.7 Å². The van der Waals surface area contributed by atoms with Gasteiger partial charge in [0.25, 0.3) is 0 Å². The maximum Gasteiger partial charge on any atom is 0.233 e. The summed E-state index contributed by atoms with van der Waals surface area (Å²) in [7, 11) is 1.65. The minimum atomic E-state index is -0.147. The molecule has 1 unspecified atom stereocenters. The molecule has 6 heteroatoms. The number of alkyl halides is 1. The Kier molecular flexibility index (Phi) is 5.91. The highest BCUT2D eigenvalue weighted by molar-refractivity contribution is 9.10. The number of halogens is 1. The zero-order chi connectivity index (χ0) is 12.8. The van der Waals surface area contributed by atoms with Crippen molar-refractivity contribution in [3.8, 4) is 0 Å². The Bertz CT molecular complexity index is 276. The quantitative estimate of drug-likeness (QED) is 0.724. The van der Waals surface area contributed by atoms with Crippen LogP contribution < -0.4 is 10.6 Å². The maximum absolute atomic E-state index is 11.5. The van der Waals surface area contributed by atoms with E-state index in [4.69, 9.17) is 0 Å². The predicted octanol–water partition coefficient (Wildman–Crippen LogP) is 0.0964. The average molecular weight is 306 g/mol. The van der Waals surface area contributed by atoms with E-state index in [2.05, 4.69) is 31.5 Å². The van der Waals surface area contributed by atoms with Crippen LogP contribution in [0.5, 0.6) is 0 Å². The highest BCUT2D eigenvalue weighted by Gasteiger charge is 2.22. The molecule has 1 rings (SSSR count). The van der Waals surface area contributed by atoms with Crippen molar-refractivity contribution in [3.05, 3.63) is 0 Å². The number of hydrogen-bond donors (Lipinski definition) is 2. The SMILES string of the molecule is CNC(=O)CN1CCC(NC(=O)C(C)Br)CC1. The lowest BCUT2D eigenvalue weighted by Crippen LogP contribution is -2.48. The Morgan fingerprint density at radius 2 is 2.00 bits per heavy atom. The lowest BCUT2D eigenvalue weighted by atomic mass is 10.0. The van der Waals surface area contributed by atoms with Gasteiger partial charge in [-0.05, 0) is 19.8 Å². The zero-order valence-electron chi connectivity index (χ0n) is 10.3. The van der Waals surface area contributed by atoms with Crippen molar-refractivity contribution in [1.29, 1.82) is 0 Å². The normalized spacial score (nSPS) is 19.7. The third kappa shape index (κ3) is 5.04. The molecule has 98 valence electrons. The van der Waals surface area contributed by atoms with Gasteiger partial charge in [-0.1, -0.05) is 15.9 Å². The average Bonchev–Trinajstić information content (AvgIpc) is 2.31. The Balaban J connectivity index is 2.26. The van der Waals surface area contributed by atoms with Crippen LogP contribution in [0.2, 0.25) is 0 Å². The van der Waals surface area contributed by atoms with Crippen LogP contribution in [0.15, 0.2) is 0 Å². The molecule has 1 atom stereocenters. The Morgan fingerprint density at radius 1 is 1.41 bits per heavy atom. The van der Waals surface area contributed by atoms with Crippen molar-refractivity contribution in [2.75, 3.05) is 26.7 Å². The Hall–Kier alpha value is -0.620. The molecule has 1 aliphatic rings. The topological polar surface area (TPSA) is 61.4 Å². The van der Waals surface area contributed by atoms with Crippen molar-refractivity contribution in [1.82, 2.24) is 15.5 Å². The van der Waals surface area contributed by atoms with E-state index in [0.29, 0.717) is 6.54 Å². The molecule has 5 nitrogen and oxygen atoms in total. The smallest absolute Gasteiger partial charge is 0.233 e. The van der Waals surface area contributed by atoms with Crippen LogP contribution in [-0.2, 0) is 9.59 Å². The van der Waals surface area contributed by atoms with Gasteiger partial charge in [0.05, 0.1) is 11.4 Å². The summed E-state index contributed by atoms with van der Waals surface area (Å²) in [5.74, 6) is 0.0799. The molecule has 0 radical (unpaired) electrons. The summed E-state index contributed by atoms with van der Waals surface area (Å²) >= 11 is 3.25.